The van der Waals surface area contributed by atoms with Gasteiger partial charge >= 0.3 is 6.18 Å². The largest absolute Gasteiger partial charge is 0.453 e. The molecule has 2 rings (SSSR count). The van der Waals surface area contributed by atoms with E-state index in [4.69, 9.17) is 16.4 Å². The van der Waals surface area contributed by atoms with Crippen molar-refractivity contribution in [3.63, 3.8) is 0 Å². The molecule has 0 radical (unpaired) electrons. The number of alkyl halides is 3. The van der Waals surface area contributed by atoms with Gasteiger partial charge in [0.25, 0.3) is 11.9 Å². The molecule has 0 bridgehead atoms. The molecule has 164 valence electrons. The van der Waals surface area contributed by atoms with Crippen molar-refractivity contribution >= 4 is 17.6 Å². The van der Waals surface area contributed by atoms with E-state index in [9.17, 15) is 26.7 Å². The van der Waals surface area contributed by atoms with Gasteiger partial charge in [0.05, 0.1) is 5.56 Å². The van der Waals surface area contributed by atoms with Gasteiger partial charge in [-0.3, -0.25) is 10.2 Å². The Labute approximate surface area is 173 Å². The number of amidine groups is 1. The summed E-state index contributed by atoms with van der Waals surface area (Å²) in [5.41, 5.74) is 4.29. The highest BCUT2D eigenvalue weighted by Gasteiger charge is 2.43. The van der Waals surface area contributed by atoms with Gasteiger partial charge in [0, 0.05) is 24.4 Å². The lowest BCUT2D eigenvalue weighted by molar-refractivity contribution is -0.202. The molecule has 1 amide bonds. The molecule has 31 heavy (non-hydrogen) atoms. The number of ether oxygens (including phenoxy) is 1. The lowest BCUT2D eigenvalue weighted by atomic mass is 9.93. The minimum atomic E-state index is -4.90. The van der Waals surface area contributed by atoms with Gasteiger partial charge in [0.15, 0.2) is 17.7 Å². The maximum absolute atomic E-state index is 14.3. The highest BCUT2D eigenvalue weighted by molar-refractivity contribution is 6.02. The highest BCUT2D eigenvalue weighted by Crippen LogP contribution is 2.34. The molecule has 4 N–H and O–H groups in total. The van der Waals surface area contributed by atoms with E-state index >= 15 is 0 Å². The Hall–Kier alpha value is -3.75. The first-order valence-electron chi connectivity index (χ1n) is 8.66. The molecule has 2 unspecified atom stereocenters. The number of aromatic nitrogens is 1. The minimum Gasteiger partial charge on any atom is -0.453 e. The van der Waals surface area contributed by atoms with Gasteiger partial charge in [-0.2, -0.15) is 18.4 Å². The van der Waals surface area contributed by atoms with Crippen LogP contribution in [0.4, 0.5) is 27.6 Å². The van der Waals surface area contributed by atoms with Gasteiger partial charge in [-0.1, -0.05) is 6.92 Å². The number of carbonyl (C=O) groups excluding carboxylic acids is 1. The van der Waals surface area contributed by atoms with Crippen LogP contribution in [0.2, 0.25) is 0 Å². The van der Waals surface area contributed by atoms with Crippen LogP contribution in [-0.2, 0) is 4.74 Å². The van der Waals surface area contributed by atoms with Crippen molar-refractivity contribution < 1.29 is 31.5 Å². The second-order valence-corrected chi connectivity index (χ2v) is 6.51. The van der Waals surface area contributed by atoms with Crippen LogP contribution in [0.1, 0.15) is 40.9 Å². The summed E-state index contributed by atoms with van der Waals surface area (Å²) in [5, 5.41) is 17.9. The summed E-state index contributed by atoms with van der Waals surface area (Å²) < 4.78 is 71.9. The average Bonchev–Trinajstić information content (AvgIpc) is 2.69. The highest BCUT2D eigenvalue weighted by atomic mass is 19.4. The SMILES string of the molecule is CC(CC(OC(=N)N)C(F)(F)F)c1cc(NC(=O)c2ccc(C#N)cn2)cc(F)c1F. The van der Waals surface area contributed by atoms with Crippen molar-refractivity contribution in [1.82, 2.24) is 4.98 Å². The van der Waals surface area contributed by atoms with Crippen LogP contribution < -0.4 is 11.1 Å². The first-order chi connectivity index (χ1) is 14.4. The van der Waals surface area contributed by atoms with Crippen molar-refractivity contribution in [3.8, 4) is 6.07 Å². The number of benzene rings is 1. The number of nitrogens with two attached hydrogens (primary N) is 1. The fourth-order valence-corrected chi connectivity index (χ4v) is 2.68. The summed E-state index contributed by atoms with van der Waals surface area (Å²) in [5.74, 6) is -4.79. The maximum atomic E-state index is 14.3. The number of nitrogens with zero attached hydrogens (tertiary/aromatic N) is 2. The summed E-state index contributed by atoms with van der Waals surface area (Å²) in [6.07, 6.45) is -7.13. The molecule has 0 fully saturated rings. The Morgan fingerprint density at radius 1 is 1.35 bits per heavy atom. The van der Waals surface area contributed by atoms with Crippen LogP contribution in [0.5, 0.6) is 0 Å². The quantitative estimate of drug-likeness (QED) is 0.357. The van der Waals surface area contributed by atoms with Crippen molar-refractivity contribution in [3.05, 3.63) is 58.9 Å². The van der Waals surface area contributed by atoms with Crippen molar-refractivity contribution in [2.75, 3.05) is 5.32 Å². The molecule has 7 nitrogen and oxygen atoms in total. The predicted molar refractivity (Wildman–Crippen MR) is 99.1 cm³/mol. The average molecular weight is 441 g/mol. The topological polar surface area (TPSA) is 125 Å². The number of anilines is 1. The van der Waals surface area contributed by atoms with E-state index in [1.807, 2.05) is 6.07 Å². The van der Waals surface area contributed by atoms with Gasteiger partial charge in [-0.25, -0.2) is 13.8 Å². The third-order valence-electron chi connectivity index (χ3n) is 4.17. The molecule has 0 aliphatic heterocycles. The Kier molecular flexibility index (Phi) is 7.12. The first-order valence-corrected chi connectivity index (χ1v) is 8.66. The number of carbonyl (C=O) groups is 1. The van der Waals surface area contributed by atoms with Gasteiger partial charge in [-0.05, 0) is 29.7 Å². The Morgan fingerprint density at radius 2 is 2.03 bits per heavy atom. The van der Waals surface area contributed by atoms with E-state index in [-0.39, 0.29) is 16.9 Å². The van der Waals surface area contributed by atoms with E-state index in [2.05, 4.69) is 15.0 Å². The minimum absolute atomic E-state index is 0.120. The summed E-state index contributed by atoms with van der Waals surface area (Å²) in [6, 6.07) is 4.87. The molecule has 2 atom stereocenters. The van der Waals surface area contributed by atoms with Crippen LogP contribution in [0, 0.1) is 28.4 Å². The third kappa shape index (κ3) is 6.11. The number of hydrogen-bond acceptors (Lipinski definition) is 5. The molecule has 1 aromatic carbocycles. The smallest absolute Gasteiger partial charge is 0.425 e. The summed E-state index contributed by atoms with van der Waals surface area (Å²) in [6.45, 7) is 1.20. The normalized spacial score (nSPS) is 13.1. The zero-order chi connectivity index (χ0) is 23.3. The fraction of sp³-hybridized carbons (Fsp3) is 0.263. The summed E-state index contributed by atoms with van der Waals surface area (Å²) in [7, 11) is 0. The number of halogens is 5. The molecule has 2 aromatic rings. The summed E-state index contributed by atoms with van der Waals surface area (Å²) >= 11 is 0. The Bertz CT molecular complexity index is 1020. The van der Waals surface area contributed by atoms with Crippen LogP contribution in [0.25, 0.3) is 0 Å². The Morgan fingerprint density at radius 3 is 2.55 bits per heavy atom. The van der Waals surface area contributed by atoms with Crippen LogP contribution in [0.3, 0.4) is 0 Å². The summed E-state index contributed by atoms with van der Waals surface area (Å²) in [4.78, 5) is 16.0. The third-order valence-corrected chi connectivity index (χ3v) is 4.17. The van der Waals surface area contributed by atoms with Crippen molar-refractivity contribution in [1.29, 1.82) is 10.7 Å². The molecule has 12 heteroatoms. The van der Waals surface area contributed by atoms with E-state index < -0.39 is 53.7 Å². The zero-order valence-electron chi connectivity index (χ0n) is 15.9. The monoisotopic (exact) mass is 441 g/mol. The number of nitrogens with one attached hydrogen (secondary N) is 2. The number of pyridine rings is 1. The van der Waals surface area contributed by atoms with Crippen LogP contribution in [0.15, 0.2) is 30.5 Å². The fourth-order valence-electron chi connectivity index (χ4n) is 2.68. The van der Waals surface area contributed by atoms with Crippen LogP contribution in [-0.4, -0.2) is 29.2 Å². The van der Waals surface area contributed by atoms with E-state index in [0.29, 0.717) is 6.07 Å². The van der Waals surface area contributed by atoms with E-state index in [1.165, 1.54) is 19.1 Å². The molecule has 0 aliphatic rings. The predicted octanol–water partition coefficient (Wildman–Crippen LogP) is 3.82. The lowest BCUT2D eigenvalue weighted by Crippen LogP contribution is -2.37. The zero-order valence-corrected chi connectivity index (χ0v) is 15.9. The maximum Gasteiger partial charge on any atom is 0.425 e. The van der Waals surface area contributed by atoms with Crippen molar-refractivity contribution in [2.45, 2.75) is 31.5 Å². The standard InChI is InChI=1S/C19H16F5N5O2/c1-9(4-15(19(22,23)24)31-18(26)27)12-5-11(6-13(20)16(12)21)29-17(30)14-3-2-10(7-25)8-28-14/h2-3,5-6,8-9,15H,4H2,1H3,(H3,26,27)(H,29,30). The molecule has 0 spiro atoms. The number of nitriles is 1. The molecule has 0 saturated heterocycles. The van der Waals surface area contributed by atoms with Gasteiger partial charge in [-0.15, -0.1) is 0 Å². The first kappa shape index (κ1) is 23.5. The second kappa shape index (κ2) is 9.38. The van der Waals surface area contributed by atoms with Crippen molar-refractivity contribution in [2.24, 2.45) is 5.73 Å². The molecular formula is C19H16F5N5O2. The van der Waals surface area contributed by atoms with Gasteiger partial charge in [0.1, 0.15) is 11.8 Å². The van der Waals surface area contributed by atoms with E-state index in [1.54, 1.807) is 0 Å². The Balaban J connectivity index is 2.27. The van der Waals surface area contributed by atoms with Crippen LogP contribution >= 0.6 is 0 Å². The molecular weight excluding hydrogens is 425 g/mol. The molecule has 1 aromatic heterocycles. The lowest BCUT2D eigenvalue weighted by Gasteiger charge is -2.24. The number of rotatable bonds is 6. The molecule has 1 heterocycles. The van der Waals surface area contributed by atoms with E-state index in [0.717, 1.165) is 12.3 Å². The molecule has 0 saturated carbocycles. The van der Waals surface area contributed by atoms with Gasteiger partial charge in [0.2, 0.25) is 0 Å². The number of amides is 1. The van der Waals surface area contributed by atoms with Gasteiger partial charge < -0.3 is 15.8 Å². The second-order valence-electron chi connectivity index (χ2n) is 6.51. The molecule has 0 aliphatic carbocycles. The number of hydrogen-bond donors (Lipinski definition) is 3.